The molecule has 1 amide bonds. The summed E-state index contributed by atoms with van der Waals surface area (Å²) in [6.07, 6.45) is 2.65. The number of aliphatic imine (C=N–C) groups is 1. The number of aromatic nitrogens is 1. The van der Waals surface area contributed by atoms with E-state index in [0.717, 1.165) is 0 Å². The van der Waals surface area contributed by atoms with Crippen LogP contribution in [-0.2, 0) is 9.53 Å². The Hall–Kier alpha value is -2.62. The van der Waals surface area contributed by atoms with E-state index in [9.17, 15) is 9.59 Å². The van der Waals surface area contributed by atoms with Gasteiger partial charge in [0, 0.05) is 6.54 Å². The second-order valence-corrected chi connectivity index (χ2v) is 5.31. The molecule has 0 radical (unpaired) electrons. The molecule has 10 heteroatoms. The zero-order valence-corrected chi connectivity index (χ0v) is 14.5. The van der Waals surface area contributed by atoms with Crippen molar-refractivity contribution in [1.29, 1.82) is 0 Å². The number of hydrogen-bond acceptors (Lipinski definition) is 7. The van der Waals surface area contributed by atoms with E-state index in [0.29, 0.717) is 25.8 Å². The van der Waals surface area contributed by atoms with Gasteiger partial charge in [-0.2, -0.15) is 0 Å². The number of nitrogens with one attached hydrogen (secondary N) is 1. The van der Waals surface area contributed by atoms with Crippen molar-refractivity contribution in [3.63, 3.8) is 0 Å². The van der Waals surface area contributed by atoms with Crippen LogP contribution in [0.1, 0.15) is 55.5 Å². The van der Waals surface area contributed by atoms with E-state index < -0.39 is 17.9 Å². The quantitative estimate of drug-likeness (QED) is 0.193. The molecule has 0 aliphatic rings. The number of rotatable bonds is 10. The summed E-state index contributed by atoms with van der Waals surface area (Å²) in [5.41, 5.74) is 16.4. The van der Waals surface area contributed by atoms with Crippen molar-refractivity contribution in [2.24, 2.45) is 22.2 Å². The molecule has 0 saturated heterocycles. The molecule has 2 atom stereocenters. The van der Waals surface area contributed by atoms with Crippen LogP contribution in [0.15, 0.2) is 15.7 Å². The van der Waals surface area contributed by atoms with E-state index in [1.165, 1.54) is 6.26 Å². The van der Waals surface area contributed by atoms with Gasteiger partial charge in [-0.1, -0.05) is 6.92 Å². The van der Waals surface area contributed by atoms with Crippen LogP contribution in [0.25, 0.3) is 0 Å². The number of hydrogen-bond donors (Lipinski definition) is 4. The highest BCUT2D eigenvalue weighted by atomic mass is 16.5. The lowest BCUT2D eigenvalue weighted by Gasteiger charge is -2.16. The van der Waals surface area contributed by atoms with Crippen LogP contribution >= 0.6 is 0 Å². The summed E-state index contributed by atoms with van der Waals surface area (Å²) in [6, 6.07) is -1.22. The minimum absolute atomic E-state index is 0.0286. The monoisotopic (exact) mass is 354 g/mol. The third-order valence-electron chi connectivity index (χ3n) is 3.33. The van der Waals surface area contributed by atoms with Crippen LogP contribution in [-0.4, -0.2) is 42.0 Å². The first-order valence-corrected chi connectivity index (χ1v) is 8.12. The highest BCUT2D eigenvalue weighted by Gasteiger charge is 2.24. The lowest BCUT2D eigenvalue weighted by Crippen LogP contribution is -2.42. The van der Waals surface area contributed by atoms with Gasteiger partial charge < -0.3 is 31.7 Å². The van der Waals surface area contributed by atoms with E-state index in [1.54, 1.807) is 6.92 Å². The number of carbonyl (C=O) groups excluding carboxylic acids is 2. The first-order chi connectivity index (χ1) is 11.9. The zero-order chi connectivity index (χ0) is 18.8. The first kappa shape index (κ1) is 20.4. The number of amides is 1. The van der Waals surface area contributed by atoms with Crippen LogP contribution in [0.2, 0.25) is 0 Å². The molecule has 2 unspecified atom stereocenters. The van der Waals surface area contributed by atoms with E-state index in [1.807, 2.05) is 6.92 Å². The van der Waals surface area contributed by atoms with Crippen LogP contribution < -0.4 is 22.5 Å². The van der Waals surface area contributed by atoms with Gasteiger partial charge in [0.05, 0.1) is 12.6 Å². The second-order valence-electron chi connectivity index (χ2n) is 5.31. The molecule has 0 fully saturated rings. The molecule has 1 aromatic heterocycles. The molecule has 1 heterocycles. The lowest BCUT2D eigenvalue weighted by molar-refractivity contribution is -0.145. The summed E-state index contributed by atoms with van der Waals surface area (Å²) in [4.78, 5) is 32.2. The predicted molar refractivity (Wildman–Crippen MR) is 91.5 cm³/mol. The van der Waals surface area contributed by atoms with Crippen molar-refractivity contribution >= 4 is 17.8 Å². The molecular weight excluding hydrogens is 328 g/mol. The van der Waals surface area contributed by atoms with E-state index in [2.05, 4.69) is 15.3 Å². The summed E-state index contributed by atoms with van der Waals surface area (Å²) in [6.45, 7) is 4.11. The second kappa shape index (κ2) is 10.3. The van der Waals surface area contributed by atoms with E-state index in [-0.39, 0.29) is 30.2 Å². The van der Waals surface area contributed by atoms with Gasteiger partial charge in [-0.25, -0.2) is 9.78 Å². The first-order valence-electron chi connectivity index (χ1n) is 8.12. The highest BCUT2D eigenvalue weighted by molar-refractivity contribution is 5.94. The maximum atomic E-state index is 12.3. The van der Waals surface area contributed by atoms with E-state index in [4.69, 9.17) is 26.4 Å². The highest BCUT2D eigenvalue weighted by Crippen LogP contribution is 2.13. The molecule has 0 bridgehead atoms. The summed E-state index contributed by atoms with van der Waals surface area (Å²) < 4.78 is 10.2. The Morgan fingerprint density at radius 2 is 2.12 bits per heavy atom. The third-order valence-corrected chi connectivity index (χ3v) is 3.33. The fourth-order valence-electron chi connectivity index (χ4n) is 1.96. The Kier molecular flexibility index (Phi) is 8.40. The van der Waals surface area contributed by atoms with Crippen molar-refractivity contribution in [3.05, 3.63) is 17.8 Å². The third kappa shape index (κ3) is 6.79. The maximum Gasteiger partial charge on any atom is 0.328 e. The minimum atomic E-state index is -0.832. The average molecular weight is 354 g/mol. The molecule has 0 aromatic carbocycles. The zero-order valence-electron chi connectivity index (χ0n) is 14.5. The number of esters is 1. The van der Waals surface area contributed by atoms with Crippen LogP contribution in [0.3, 0.4) is 0 Å². The van der Waals surface area contributed by atoms with Crippen molar-refractivity contribution in [1.82, 2.24) is 10.3 Å². The van der Waals surface area contributed by atoms with Gasteiger partial charge in [0.25, 0.3) is 5.91 Å². The van der Waals surface area contributed by atoms with Gasteiger partial charge >= 0.3 is 5.97 Å². The standard InChI is InChI=1S/C15H26N6O4/c1-3-9(16)13-21-11(8-25-13)12(22)20-10(14(23)24-4-2)6-5-7-19-15(17)18/h8-10H,3-7,16H2,1-2H3,(H,20,22)(H4,17,18,19). The fourth-order valence-corrected chi connectivity index (χ4v) is 1.96. The molecule has 1 rings (SSSR count). The number of carbonyl (C=O) groups is 2. The molecule has 140 valence electrons. The predicted octanol–water partition coefficient (Wildman–Crippen LogP) is -0.200. The van der Waals surface area contributed by atoms with Gasteiger partial charge in [0.15, 0.2) is 11.7 Å². The molecule has 7 N–H and O–H groups in total. The Labute approximate surface area is 146 Å². The Morgan fingerprint density at radius 1 is 1.40 bits per heavy atom. The molecule has 0 aliphatic carbocycles. The smallest absolute Gasteiger partial charge is 0.328 e. The van der Waals surface area contributed by atoms with Crippen LogP contribution in [0.5, 0.6) is 0 Å². The molecule has 0 spiro atoms. The Bertz CT molecular complexity index is 597. The SMILES string of the molecule is CCOC(=O)C(CCCN=C(N)N)NC(=O)c1coc(C(N)CC)n1. The minimum Gasteiger partial charge on any atom is -0.464 e. The number of nitrogens with two attached hydrogens (primary N) is 3. The van der Waals surface area contributed by atoms with Gasteiger partial charge in [0.2, 0.25) is 5.89 Å². The van der Waals surface area contributed by atoms with E-state index >= 15 is 0 Å². The van der Waals surface area contributed by atoms with Crippen molar-refractivity contribution < 1.29 is 18.7 Å². The summed E-state index contributed by atoms with van der Waals surface area (Å²) in [5.74, 6) is -0.833. The molecule has 1 aromatic rings. The largest absolute Gasteiger partial charge is 0.464 e. The van der Waals surface area contributed by atoms with Crippen LogP contribution in [0.4, 0.5) is 0 Å². The van der Waals surface area contributed by atoms with Gasteiger partial charge in [-0.05, 0) is 26.2 Å². The number of nitrogens with zero attached hydrogens (tertiary/aromatic N) is 2. The number of oxazole rings is 1. The normalized spacial score (nSPS) is 12.9. The average Bonchev–Trinajstić information content (AvgIpc) is 3.06. The topological polar surface area (TPSA) is 172 Å². The summed E-state index contributed by atoms with van der Waals surface area (Å²) in [7, 11) is 0. The number of ether oxygens (including phenoxy) is 1. The van der Waals surface area contributed by atoms with Gasteiger partial charge in [-0.3, -0.25) is 9.79 Å². The maximum absolute atomic E-state index is 12.3. The molecule has 0 saturated carbocycles. The summed E-state index contributed by atoms with van der Waals surface area (Å²) >= 11 is 0. The van der Waals surface area contributed by atoms with Crippen molar-refractivity contribution in [2.45, 2.75) is 45.2 Å². The Morgan fingerprint density at radius 3 is 2.72 bits per heavy atom. The Balaban J connectivity index is 2.71. The molecule has 10 nitrogen and oxygen atoms in total. The molecule has 0 aliphatic heterocycles. The van der Waals surface area contributed by atoms with Crippen molar-refractivity contribution in [3.8, 4) is 0 Å². The van der Waals surface area contributed by atoms with Crippen molar-refractivity contribution in [2.75, 3.05) is 13.2 Å². The summed E-state index contributed by atoms with van der Waals surface area (Å²) in [5, 5.41) is 2.59. The fraction of sp³-hybridized carbons (Fsp3) is 0.600. The number of guanidine groups is 1. The van der Waals surface area contributed by atoms with Gasteiger partial charge in [0.1, 0.15) is 12.3 Å². The molecule has 25 heavy (non-hydrogen) atoms. The van der Waals surface area contributed by atoms with Crippen LogP contribution in [0, 0.1) is 0 Å². The molecular formula is C15H26N6O4. The lowest BCUT2D eigenvalue weighted by atomic mass is 10.1. The van der Waals surface area contributed by atoms with Gasteiger partial charge in [-0.15, -0.1) is 0 Å².